The van der Waals surface area contributed by atoms with Crippen molar-refractivity contribution in [2.24, 2.45) is 0 Å². The average Bonchev–Trinajstić information content (AvgIpc) is 2.33. The van der Waals surface area contributed by atoms with Crippen molar-refractivity contribution in [1.29, 1.82) is 0 Å². The van der Waals surface area contributed by atoms with Gasteiger partial charge in [0.05, 0.1) is 24.3 Å². The van der Waals surface area contributed by atoms with E-state index in [1.165, 1.54) is 5.70 Å². The number of rotatable bonds is 0. The van der Waals surface area contributed by atoms with Gasteiger partial charge in [-0.3, -0.25) is 0 Å². The van der Waals surface area contributed by atoms with Gasteiger partial charge in [-0.2, -0.15) is 0 Å². The van der Waals surface area contributed by atoms with Crippen LogP contribution in [0.15, 0.2) is 23.7 Å². The average molecular weight is 124 g/mol. The summed E-state index contributed by atoms with van der Waals surface area (Å²) in [5.74, 6) is 0. The molecule has 0 aromatic heterocycles. The highest BCUT2D eigenvalue weighted by molar-refractivity contribution is 5.28. The van der Waals surface area contributed by atoms with Crippen LogP contribution in [0, 0.1) is 0 Å². The normalized spacial score (nSPS) is 22.2. The smallest absolute Gasteiger partial charge is 0.129 e. The van der Waals surface area contributed by atoms with Crippen LogP contribution in [0.2, 0.25) is 0 Å². The predicted octanol–water partition coefficient (Wildman–Crippen LogP) is -0.108. The minimum Gasteiger partial charge on any atom is -0.495 e. The molecule has 2 aliphatic heterocycles. The van der Waals surface area contributed by atoms with Crippen LogP contribution in [0.5, 0.6) is 0 Å². The molecule has 0 unspecified atom stereocenters. The molecule has 0 aromatic carbocycles. The minimum absolute atomic E-state index is 0.679. The summed E-state index contributed by atoms with van der Waals surface area (Å²) in [6, 6.07) is 0. The third-order valence-corrected chi connectivity index (χ3v) is 1.46. The molecule has 3 nitrogen and oxygen atoms in total. The quantitative estimate of drug-likeness (QED) is 0.473. The van der Waals surface area contributed by atoms with Crippen LogP contribution < -0.4 is 10.6 Å². The van der Waals surface area contributed by atoms with Gasteiger partial charge in [-0.05, 0) is 6.08 Å². The first-order valence-corrected chi connectivity index (χ1v) is 2.96. The van der Waals surface area contributed by atoms with Crippen LogP contribution in [0.3, 0.4) is 0 Å². The van der Waals surface area contributed by atoms with E-state index in [1.54, 1.807) is 6.26 Å². The third kappa shape index (κ3) is 0.650. The number of ether oxygens (including phenoxy) is 1. The second-order valence-electron chi connectivity index (χ2n) is 2.04. The first kappa shape index (κ1) is 4.73. The standard InChI is InChI=1S/C6H8N2O/c1-2-9-3-6-5(1)7-4-8-6/h1-2,7-8H,3-4H2. The fourth-order valence-corrected chi connectivity index (χ4v) is 0.984. The van der Waals surface area contributed by atoms with Gasteiger partial charge in [0, 0.05) is 0 Å². The van der Waals surface area contributed by atoms with Gasteiger partial charge >= 0.3 is 0 Å². The zero-order valence-corrected chi connectivity index (χ0v) is 4.98. The third-order valence-electron chi connectivity index (χ3n) is 1.46. The number of allylic oxidation sites excluding steroid dienone is 1. The zero-order valence-electron chi connectivity index (χ0n) is 4.98. The Bertz CT molecular complexity index is 183. The van der Waals surface area contributed by atoms with E-state index >= 15 is 0 Å². The maximum Gasteiger partial charge on any atom is 0.129 e. The van der Waals surface area contributed by atoms with Crippen LogP contribution in [0.4, 0.5) is 0 Å². The fraction of sp³-hybridized carbons (Fsp3) is 0.333. The molecule has 0 atom stereocenters. The van der Waals surface area contributed by atoms with Crippen LogP contribution in [0.1, 0.15) is 0 Å². The van der Waals surface area contributed by atoms with E-state index in [0.717, 1.165) is 12.4 Å². The Labute approximate surface area is 53.4 Å². The second-order valence-corrected chi connectivity index (χ2v) is 2.04. The number of hydrogen-bond donors (Lipinski definition) is 2. The molecule has 0 radical (unpaired) electrons. The van der Waals surface area contributed by atoms with Crippen molar-refractivity contribution in [2.45, 2.75) is 0 Å². The van der Waals surface area contributed by atoms with Crippen molar-refractivity contribution < 1.29 is 4.74 Å². The van der Waals surface area contributed by atoms with E-state index in [-0.39, 0.29) is 0 Å². The number of nitrogens with one attached hydrogen (secondary N) is 2. The van der Waals surface area contributed by atoms with Crippen LogP contribution in [0.25, 0.3) is 0 Å². The molecule has 9 heavy (non-hydrogen) atoms. The molecule has 2 N–H and O–H groups in total. The van der Waals surface area contributed by atoms with E-state index in [9.17, 15) is 0 Å². The van der Waals surface area contributed by atoms with E-state index in [0.29, 0.717) is 6.61 Å². The largest absolute Gasteiger partial charge is 0.495 e. The molecule has 0 aromatic rings. The molecule has 0 amide bonds. The van der Waals surface area contributed by atoms with E-state index in [1.807, 2.05) is 6.08 Å². The lowest BCUT2D eigenvalue weighted by molar-refractivity contribution is 0.269. The predicted molar refractivity (Wildman–Crippen MR) is 33.3 cm³/mol. The van der Waals surface area contributed by atoms with Crippen LogP contribution >= 0.6 is 0 Å². The van der Waals surface area contributed by atoms with Gasteiger partial charge in [0.25, 0.3) is 0 Å². The zero-order chi connectivity index (χ0) is 6.10. The SMILES string of the molecule is C1=CC2=C(CO1)NCN2. The molecular weight excluding hydrogens is 116 g/mol. The van der Waals surface area contributed by atoms with Crippen molar-refractivity contribution in [1.82, 2.24) is 10.6 Å². The van der Waals surface area contributed by atoms with Gasteiger partial charge in [0.2, 0.25) is 0 Å². The van der Waals surface area contributed by atoms with Crippen molar-refractivity contribution >= 4 is 0 Å². The summed E-state index contributed by atoms with van der Waals surface area (Å²) in [4.78, 5) is 0. The molecule has 0 spiro atoms. The maximum atomic E-state index is 5.04. The monoisotopic (exact) mass is 124 g/mol. The summed E-state index contributed by atoms with van der Waals surface area (Å²) < 4.78 is 5.04. The highest BCUT2D eigenvalue weighted by atomic mass is 16.5. The highest BCUT2D eigenvalue weighted by Gasteiger charge is 2.12. The fourth-order valence-electron chi connectivity index (χ4n) is 0.984. The maximum absolute atomic E-state index is 5.04. The molecule has 0 fully saturated rings. The van der Waals surface area contributed by atoms with Crippen molar-refractivity contribution in [3.63, 3.8) is 0 Å². The van der Waals surface area contributed by atoms with E-state index in [2.05, 4.69) is 10.6 Å². The Morgan fingerprint density at radius 3 is 3.33 bits per heavy atom. The summed E-state index contributed by atoms with van der Waals surface area (Å²) in [6.45, 7) is 1.51. The number of hydrogen-bond acceptors (Lipinski definition) is 3. The van der Waals surface area contributed by atoms with Crippen LogP contribution in [-0.4, -0.2) is 13.3 Å². The van der Waals surface area contributed by atoms with Gasteiger partial charge in [0.1, 0.15) is 6.61 Å². The summed E-state index contributed by atoms with van der Waals surface area (Å²) in [5.41, 5.74) is 2.33. The highest BCUT2D eigenvalue weighted by Crippen LogP contribution is 2.09. The summed E-state index contributed by atoms with van der Waals surface area (Å²) in [6.07, 6.45) is 3.64. The summed E-state index contributed by atoms with van der Waals surface area (Å²) >= 11 is 0. The minimum atomic E-state index is 0.679. The molecule has 2 rings (SSSR count). The molecule has 0 aliphatic carbocycles. The Morgan fingerprint density at radius 1 is 1.44 bits per heavy atom. The van der Waals surface area contributed by atoms with Gasteiger partial charge in [-0.15, -0.1) is 0 Å². The Morgan fingerprint density at radius 2 is 2.44 bits per heavy atom. The van der Waals surface area contributed by atoms with E-state index < -0.39 is 0 Å². The molecule has 0 bridgehead atoms. The molecule has 0 saturated carbocycles. The lowest BCUT2D eigenvalue weighted by Gasteiger charge is -2.07. The first-order chi connectivity index (χ1) is 4.47. The van der Waals surface area contributed by atoms with Crippen molar-refractivity contribution in [3.8, 4) is 0 Å². The summed E-state index contributed by atoms with van der Waals surface area (Å²) in [7, 11) is 0. The molecule has 0 saturated heterocycles. The summed E-state index contributed by atoms with van der Waals surface area (Å²) in [5, 5.41) is 6.31. The van der Waals surface area contributed by atoms with Gasteiger partial charge in [-0.1, -0.05) is 0 Å². The van der Waals surface area contributed by atoms with Gasteiger partial charge in [-0.25, -0.2) is 0 Å². The lowest BCUT2D eigenvalue weighted by atomic mass is 10.3. The van der Waals surface area contributed by atoms with Gasteiger partial charge in [0.15, 0.2) is 0 Å². The first-order valence-electron chi connectivity index (χ1n) is 2.96. The van der Waals surface area contributed by atoms with E-state index in [4.69, 9.17) is 4.74 Å². The second kappa shape index (κ2) is 1.69. The Kier molecular flexibility index (Phi) is 0.886. The molecule has 2 heterocycles. The van der Waals surface area contributed by atoms with Gasteiger partial charge < -0.3 is 15.4 Å². The van der Waals surface area contributed by atoms with Crippen molar-refractivity contribution in [2.75, 3.05) is 13.3 Å². The van der Waals surface area contributed by atoms with Crippen LogP contribution in [-0.2, 0) is 4.74 Å². The molecule has 48 valence electrons. The molecular formula is C6H8N2O. The molecule has 2 aliphatic rings. The Hall–Kier alpha value is -1.12. The Balaban J connectivity index is 2.28. The molecule has 3 heteroatoms. The topological polar surface area (TPSA) is 33.3 Å². The van der Waals surface area contributed by atoms with Crippen molar-refractivity contribution in [3.05, 3.63) is 23.7 Å². The lowest BCUT2D eigenvalue weighted by Crippen LogP contribution is -2.15.